The van der Waals surface area contributed by atoms with Crippen LogP contribution >= 0.6 is 0 Å². The van der Waals surface area contributed by atoms with Crippen LogP contribution in [0.2, 0.25) is 0 Å². The second-order valence-electron chi connectivity index (χ2n) is 10.9. The Bertz CT molecular complexity index is 1310. The molecule has 0 radical (unpaired) electrons. The van der Waals surface area contributed by atoms with Gasteiger partial charge in [0.25, 0.3) is 5.91 Å². The maximum atomic E-state index is 12.7. The number of carbonyl (C=O) groups excluding carboxylic acids is 1. The Morgan fingerprint density at radius 3 is 2.73 bits per heavy atom. The molecule has 3 aromatic heterocycles. The van der Waals surface area contributed by atoms with Crippen molar-refractivity contribution in [3.63, 3.8) is 0 Å². The Kier molecular flexibility index (Phi) is 6.22. The average Bonchev–Trinajstić information content (AvgIpc) is 3.31. The lowest BCUT2D eigenvalue weighted by Crippen LogP contribution is -2.40. The number of ether oxygens (including phenoxy) is 1. The Labute approximate surface area is 217 Å². The van der Waals surface area contributed by atoms with Gasteiger partial charge in [0, 0.05) is 32.4 Å². The van der Waals surface area contributed by atoms with E-state index in [0.29, 0.717) is 34.8 Å². The molecule has 196 valence electrons. The van der Waals surface area contributed by atoms with Gasteiger partial charge in [-0.25, -0.2) is 14.6 Å². The van der Waals surface area contributed by atoms with E-state index < -0.39 is 5.91 Å². The number of rotatable bonds is 5. The monoisotopic (exact) mass is 504 g/mol. The predicted molar refractivity (Wildman–Crippen MR) is 142 cm³/mol. The summed E-state index contributed by atoms with van der Waals surface area (Å²) in [7, 11) is 0. The van der Waals surface area contributed by atoms with Crippen molar-refractivity contribution in [1.29, 1.82) is 0 Å². The van der Waals surface area contributed by atoms with Crippen LogP contribution in [0.25, 0.3) is 11.2 Å². The number of pyridine rings is 1. The summed E-state index contributed by atoms with van der Waals surface area (Å²) in [4.78, 5) is 31.6. The number of piperidine rings is 1. The minimum absolute atomic E-state index is 0.210. The quantitative estimate of drug-likeness (QED) is 0.552. The maximum absolute atomic E-state index is 12.7. The van der Waals surface area contributed by atoms with E-state index in [1.54, 1.807) is 0 Å². The van der Waals surface area contributed by atoms with Gasteiger partial charge in [-0.15, -0.1) is 5.10 Å². The number of fused-ring (bicyclic) bond motifs is 2. The predicted octanol–water partition coefficient (Wildman–Crippen LogP) is 4.12. The minimum Gasteiger partial charge on any atom is -0.364 e. The summed E-state index contributed by atoms with van der Waals surface area (Å²) in [6.07, 6.45) is 9.67. The van der Waals surface area contributed by atoms with E-state index in [1.165, 1.54) is 0 Å². The summed E-state index contributed by atoms with van der Waals surface area (Å²) in [6, 6.07) is 4.01. The lowest BCUT2D eigenvalue weighted by atomic mass is 9.78. The topological polar surface area (TPSA) is 115 Å². The first-order chi connectivity index (χ1) is 18.0. The van der Waals surface area contributed by atoms with Crippen molar-refractivity contribution in [2.45, 2.75) is 71.4 Å². The number of anilines is 3. The number of carbonyl (C=O) groups is 1. The number of nitrogens with two attached hydrogens (primary N) is 1. The number of primary amides is 1. The van der Waals surface area contributed by atoms with Gasteiger partial charge >= 0.3 is 0 Å². The number of aromatic nitrogens is 5. The summed E-state index contributed by atoms with van der Waals surface area (Å²) >= 11 is 0. The molecule has 2 saturated heterocycles. The highest BCUT2D eigenvalue weighted by atomic mass is 16.5. The fraction of sp³-hybridized carbons (Fsp3) is 0.593. The Balaban J connectivity index is 1.50. The zero-order valence-corrected chi connectivity index (χ0v) is 21.8. The molecular formula is C27H36N8O2. The van der Waals surface area contributed by atoms with E-state index in [1.807, 2.05) is 16.9 Å². The highest BCUT2D eigenvalue weighted by Crippen LogP contribution is 2.40. The molecule has 3 aliphatic rings. The molecule has 6 heterocycles. The van der Waals surface area contributed by atoms with Crippen LogP contribution in [0, 0.1) is 5.41 Å². The molecule has 0 saturated carbocycles. The molecule has 3 aliphatic heterocycles. The molecule has 10 nitrogen and oxygen atoms in total. The fourth-order valence-electron chi connectivity index (χ4n) is 5.83. The van der Waals surface area contributed by atoms with E-state index in [2.05, 4.69) is 34.7 Å². The van der Waals surface area contributed by atoms with Crippen molar-refractivity contribution >= 4 is 34.4 Å². The second-order valence-corrected chi connectivity index (χ2v) is 10.9. The molecule has 1 amide bonds. The molecule has 1 unspecified atom stereocenters. The van der Waals surface area contributed by atoms with Crippen LogP contribution in [-0.2, 0) is 11.2 Å². The smallest absolute Gasteiger partial charge is 0.271 e. The van der Waals surface area contributed by atoms with E-state index in [0.717, 1.165) is 82.4 Å². The van der Waals surface area contributed by atoms with Crippen LogP contribution in [-0.4, -0.2) is 56.9 Å². The molecule has 0 spiro atoms. The van der Waals surface area contributed by atoms with E-state index in [4.69, 9.17) is 25.5 Å². The first kappa shape index (κ1) is 24.1. The number of hydrogen-bond donors (Lipinski definition) is 1. The third-order valence-corrected chi connectivity index (χ3v) is 8.48. The van der Waals surface area contributed by atoms with Crippen molar-refractivity contribution < 1.29 is 9.53 Å². The third kappa shape index (κ3) is 4.31. The highest BCUT2D eigenvalue weighted by molar-refractivity contribution is 5.99. The fourth-order valence-corrected chi connectivity index (χ4v) is 5.83. The molecule has 6 rings (SSSR count). The maximum Gasteiger partial charge on any atom is 0.271 e. The number of hydrogen-bond acceptors (Lipinski definition) is 8. The lowest BCUT2D eigenvalue weighted by molar-refractivity contribution is -0.0368. The molecular weight excluding hydrogens is 468 g/mol. The van der Waals surface area contributed by atoms with Crippen molar-refractivity contribution in [3.8, 4) is 0 Å². The van der Waals surface area contributed by atoms with Gasteiger partial charge in [-0.2, -0.15) is 0 Å². The summed E-state index contributed by atoms with van der Waals surface area (Å²) in [5.74, 6) is 0.667. The van der Waals surface area contributed by atoms with E-state index in [9.17, 15) is 4.79 Å². The normalized spacial score (nSPS) is 21.7. The second kappa shape index (κ2) is 9.55. The summed E-state index contributed by atoms with van der Waals surface area (Å²) < 4.78 is 8.03. The van der Waals surface area contributed by atoms with Crippen LogP contribution in [0.3, 0.4) is 0 Å². The summed E-state index contributed by atoms with van der Waals surface area (Å²) in [5, 5.41) is 5.05. The Hall–Kier alpha value is -3.27. The minimum atomic E-state index is -0.568. The average molecular weight is 505 g/mol. The molecule has 0 bridgehead atoms. The molecule has 2 N–H and O–H groups in total. The zero-order valence-electron chi connectivity index (χ0n) is 21.8. The number of nitrogens with zero attached hydrogens (tertiary/aromatic N) is 7. The van der Waals surface area contributed by atoms with Crippen molar-refractivity contribution in [2.75, 3.05) is 36.0 Å². The molecule has 2 fully saturated rings. The van der Waals surface area contributed by atoms with Gasteiger partial charge in [-0.1, -0.05) is 20.3 Å². The molecule has 0 aromatic carbocycles. The summed E-state index contributed by atoms with van der Waals surface area (Å²) in [6.45, 7) is 7.69. The standard InChI is InChI=1S/C27H36N8O2/c1-3-27(2)11-15-33(16-12-27)24-21(23(28)36)30-22-25(31-24)35(20-10-4-5-17-37-20)32-26(22)34-14-7-8-18-19(34)9-6-13-29-18/h6,9,13,20H,3-5,7-8,10-12,14-17H2,1-2H3,(H2,28,36). The van der Waals surface area contributed by atoms with Gasteiger partial charge in [-0.05, 0) is 62.5 Å². The molecule has 0 aliphatic carbocycles. The van der Waals surface area contributed by atoms with Crippen LogP contribution in [0.1, 0.15) is 81.2 Å². The van der Waals surface area contributed by atoms with Crippen LogP contribution in [0.15, 0.2) is 18.3 Å². The first-order valence-corrected chi connectivity index (χ1v) is 13.7. The highest BCUT2D eigenvalue weighted by Gasteiger charge is 2.34. The Morgan fingerprint density at radius 1 is 1.16 bits per heavy atom. The van der Waals surface area contributed by atoms with Gasteiger partial charge in [-0.3, -0.25) is 9.78 Å². The SMILES string of the molecule is CCC1(C)CCN(c2nc3c(nc2C(N)=O)c(N2CCCc4ncccc42)nn3C2CCCCO2)CC1. The molecule has 1 atom stereocenters. The molecule has 37 heavy (non-hydrogen) atoms. The van der Waals surface area contributed by atoms with Crippen LogP contribution < -0.4 is 15.5 Å². The number of aryl methyl sites for hydroxylation is 1. The van der Waals surface area contributed by atoms with Crippen molar-refractivity contribution in [3.05, 3.63) is 29.7 Å². The van der Waals surface area contributed by atoms with Gasteiger partial charge in [0.05, 0.1) is 11.4 Å². The van der Waals surface area contributed by atoms with Crippen LogP contribution in [0.5, 0.6) is 0 Å². The Morgan fingerprint density at radius 2 is 2.00 bits per heavy atom. The molecule has 3 aromatic rings. The van der Waals surface area contributed by atoms with Gasteiger partial charge in [0.2, 0.25) is 0 Å². The van der Waals surface area contributed by atoms with Gasteiger partial charge in [0.15, 0.2) is 34.7 Å². The first-order valence-electron chi connectivity index (χ1n) is 13.7. The van der Waals surface area contributed by atoms with Crippen LogP contribution in [0.4, 0.5) is 17.3 Å². The summed E-state index contributed by atoms with van der Waals surface area (Å²) in [5.41, 5.74) is 9.70. The van der Waals surface area contributed by atoms with Gasteiger partial charge < -0.3 is 20.3 Å². The van der Waals surface area contributed by atoms with E-state index in [-0.39, 0.29) is 11.9 Å². The molecule has 10 heteroatoms. The van der Waals surface area contributed by atoms with E-state index >= 15 is 0 Å². The zero-order chi connectivity index (χ0) is 25.6. The third-order valence-electron chi connectivity index (χ3n) is 8.48. The largest absolute Gasteiger partial charge is 0.364 e. The van der Waals surface area contributed by atoms with Gasteiger partial charge in [0.1, 0.15) is 0 Å². The lowest BCUT2D eigenvalue weighted by Gasteiger charge is -2.39. The van der Waals surface area contributed by atoms with Crippen molar-refractivity contribution in [1.82, 2.24) is 24.7 Å². The number of amides is 1. The van der Waals surface area contributed by atoms with Crippen molar-refractivity contribution in [2.24, 2.45) is 11.1 Å².